The van der Waals surface area contributed by atoms with Gasteiger partial charge in [0.25, 0.3) is 11.5 Å². The first-order valence-electron chi connectivity index (χ1n) is 8.08. The third-order valence-corrected chi connectivity index (χ3v) is 5.12. The normalized spacial score (nSPS) is 10.8. The molecular formula is C20H15N3O2S. The molecule has 0 aliphatic carbocycles. The Morgan fingerprint density at radius 2 is 1.69 bits per heavy atom. The maximum Gasteiger partial charge on any atom is 0.281 e. The zero-order valence-corrected chi connectivity index (χ0v) is 14.8. The second-order valence-corrected chi connectivity index (χ2v) is 7.01. The summed E-state index contributed by atoms with van der Waals surface area (Å²) in [6, 6.07) is 18.5. The SMILES string of the molecule is Cc1sc2ncn(NC(=O)c3ccccc3)c(=O)c2c1-c1ccccc1. The fourth-order valence-corrected chi connectivity index (χ4v) is 3.90. The van der Waals surface area contributed by atoms with E-state index in [9.17, 15) is 9.59 Å². The van der Waals surface area contributed by atoms with Crippen molar-refractivity contribution in [2.75, 3.05) is 5.43 Å². The first-order valence-corrected chi connectivity index (χ1v) is 8.89. The Balaban J connectivity index is 1.82. The molecular weight excluding hydrogens is 346 g/mol. The van der Waals surface area contributed by atoms with Gasteiger partial charge in [0, 0.05) is 16.0 Å². The second kappa shape index (κ2) is 6.57. The highest BCUT2D eigenvalue weighted by molar-refractivity contribution is 7.19. The van der Waals surface area contributed by atoms with E-state index >= 15 is 0 Å². The van der Waals surface area contributed by atoms with Gasteiger partial charge in [0.1, 0.15) is 11.2 Å². The highest BCUT2D eigenvalue weighted by atomic mass is 32.1. The molecule has 0 bridgehead atoms. The van der Waals surface area contributed by atoms with Gasteiger partial charge < -0.3 is 0 Å². The van der Waals surface area contributed by atoms with E-state index in [-0.39, 0.29) is 11.5 Å². The van der Waals surface area contributed by atoms with Gasteiger partial charge >= 0.3 is 0 Å². The van der Waals surface area contributed by atoms with Crippen LogP contribution in [0.1, 0.15) is 15.2 Å². The summed E-state index contributed by atoms with van der Waals surface area (Å²) in [4.78, 5) is 31.4. The molecule has 0 saturated heterocycles. The van der Waals surface area contributed by atoms with Crippen LogP contribution in [0.5, 0.6) is 0 Å². The van der Waals surface area contributed by atoms with Gasteiger partial charge in [0.05, 0.1) is 5.39 Å². The van der Waals surface area contributed by atoms with Gasteiger partial charge in [-0.05, 0) is 24.6 Å². The number of rotatable bonds is 3. The number of aromatic nitrogens is 2. The average molecular weight is 361 g/mol. The molecule has 1 amide bonds. The molecule has 2 aromatic carbocycles. The third-order valence-electron chi connectivity index (χ3n) is 4.11. The molecule has 1 N–H and O–H groups in total. The standard InChI is InChI=1S/C20H15N3O2S/c1-13-16(14-8-4-2-5-9-14)17-19(26-13)21-12-23(20(17)25)22-18(24)15-10-6-3-7-11-15/h2-12H,1H3,(H,22,24). The average Bonchev–Trinajstić information content (AvgIpc) is 3.02. The van der Waals surface area contributed by atoms with E-state index in [1.165, 1.54) is 17.7 Å². The number of hydrogen-bond donors (Lipinski definition) is 1. The fraction of sp³-hybridized carbons (Fsp3) is 0.0500. The molecule has 2 aromatic heterocycles. The lowest BCUT2D eigenvalue weighted by Gasteiger charge is -2.08. The van der Waals surface area contributed by atoms with Crippen molar-refractivity contribution >= 4 is 27.5 Å². The van der Waals surface area contributed by atoms with Gasteiger partial charge in [-0.1, -0.05) is 48.5 Å². The first kappa shape index (κ1) is 16.2. The number of carbonyl (C=O) groups is 1. The highest BCUT2D eigenvalue weighted by Crippen LogP contribution is 2.35. The third kappa shape index (κ3) is 2.80. The lowest BCUT2D eigenvalue weighted by Crippen LogP contribution is -2.33. The molecule has 0 unspecified atom stereocenters. The van der Waals surface area contributed by atoms with E-state index in [2.05, 4.69) is 10.4 Å². The van der Waals surface area contributed by atoms with E-state index in [1.807, 2.05) is 43.3 Å². The van der Waals surface area contributed by atoms with E-state index < -0.39 is 0 Å². The summed E-state index contributed by atoms with van der Waals surface area (Å²) in [5.41, 5.74) is 4.63. The molecule has 26 heavy (non-hydrogen) atoms. The lowest BCUT2D eigenvalue weighted by atomic mass is 10.0. The van der Waals surface area contributed by atoms with Gasteiger partial charge in [0.15, 0.2) is 0 Å². The molecule has 0 radical (unpaired) electrons. The lowest BCUT2D eigenvalue weighted by molar-refractivity contribution is 0.101. The van der Waals surface area contributed by atoms with E-state index in [0.29, 0.717) is 15.8 Å². The number of carbonyl (C=O) groups excluding carboxylic acids is 1. The first-order chi connectivity index (χ1) is 12.6. The number of fused-ring (bicyclic) bond motifs is 1. The van der Waals surface area contributed by atoms with Crippen molar-refractivity contribution in [1.82, 2.24) is 9.66 Å². The zero-order chi connectivity index (χ0) is 18.1. The van der Waals surface area contributed by atoms with Crippen LogP contribution in [0.15, 0.2) is 71.8 Å². The predicted molar refractivity (Wildman–Crippen MR) is 104 cm³/mol. The quantitative estimate of drug-likeness (QED) is 0.603. The smallest absolute Gasteiger partial charge is 0.267 e. The van der Waals surface area contributed by atoms with Crippen LogP contribution in [0.25, 0.3) is 21.3 Å². The van der Waals surface area contributed by atoms with Crippen LogP contribution in [-0.2, 0) is 0 Å². The summed E-state index contributed by atoms with van der Waals surface area (Å²) < 4.78 is 1.15. The minimum Gasteiger partial charge on any atom is -0.267 e. The highest BCUT2D eigenvalue weighted by Gasteiger charge is 2.17. The Morgan fingerprint density at radius 3 is 2.38 bits per heavy atom. The molecule has 4 aromatic rings. The van der Waals surface area contributed by atoms with E-state index in [1.54, 1.807) is 24.3 Å². The summed E-state index contributed by atoms with van der Waals surface area (Å²) in [5, 5.41) is 0.523. The summed E-state index contributed by atoms with van der Waals surface area (Å²) in [6.07, 6.45) is 1.36. The van der Waals surface area contributed by atoms with Gasteiger partial charge in [-0.15, -0.1) is 11.3 Å². The molecule has 0 fully saturated rings. The van der Waals surface area contributed by atoms with E-state index in [0.717, 1.165) is 20.7 Å². The van der Waals surface area contributed by atoms with Crippen molar-refractivity contribution in [1.29, 1.82) is 0 Å². The Morgan fingerprint density at radius 1 is 1.04 bits per heavy atom. The molecule has 5 nitrogen and oxygen atoms in total. The van der Waals surface area contributed by atoms with E-state index in [4.69, 9.17) is 0 Å². The number of benzene rings is 2. The number of nitrogens with zero attached hydrogens (tertiary/aromatic N) is 2. The Hall–Kier alpha value is -3.25. The van der Waals surface area contributed by atoms with Crippen molar-refractivity contribution < 1.29 is 4.79 Å². The maximum absolute atomic E-state index is 13.0. The van der Waals surface area contributed by atoms with Crippen LogP contribution < -0.4 is 11.0 Å². The zero-order valence-electron chi connectivity index (χ0n) is 14.0. The Bertz CT molecular complexity index is 1150. The van der Waals surface area contributed by atoms with Crippen molar-refractivity contribution in [3.63, 3.8) is 0 Å². The van der Waals surface area contributed by atoms with Crippen molar-refractivity contribution in [3.05, 3.63) is 87.8 Å². The summed E-state index contributed by atoms with van der Waals surface area (Å²) in [7, 11) is 0. The molecule has 4 rings (SSSR count). The van der Waals surface area contributed by atoms with Crippen LogP contribution in [-0.4, -0.2) is 15.6 Å². The molecule has 128 valence electrons. The van der Waals surface area contributed by atoms with Gasteiger partial charge in [-0.2, -0.15) is 0 Å². The monoisotopic (exact) mass is 361 g/mol. The fourth-order valence-electron chi connectivity index (χ4n) is 2.90. The van der Waals surface area contributed by atoms with Crippen molar-refractivity contribution in [2.45, 2.75) is 6.92 Å². The van der Waals surface area contributed by atoms with Crippen LogP contribution >= 0.6 is 11.3 Å². The summed E-state index contributed by atoms with van der Waals surface area (Å²) in [6.45, 7) is 1.97. The Labute approximate surface area is 153 Å². The van der Waals surface area contributed by atoms with Gasteiger partial charge in [-0.25, -0.2) is 9.66 Å². The number of hydrogen-bond acceptors (Lipinski definition) is 4. The van der Waals surface area contributed by atoms with Gasteiger partial charge in [0.2, 0.25) is 0 Å². The van der Waals surface area contributed by atoms with Crippen LogP contribution in [0, 0.1) is 6.92 Å². The van der Waals surface area contributed by atoms with Crippen LogP contribution in [0.4, 0.5) is 0 Å². The molecule has 0 saturated carbocycles. The predicted octanol–water partition coefficient (Wildman–Crippen LogP) is 3.82. The maximum atomic E-state index is 13.0. The summed E-state index contributed by atoms with van der Waals surface area (Å²) >= 11 is 1.47. The second-order valence-electron chi connectivity index (χ2n) is 5.81. The molecule has 0 atom stereocenters. The molecule has 0 aliphatic rings. The van der Waals surface area contributed by atoms with Crippen molar-refractivity contribution in [2.24, 2.45) is 0 Å². The topological polar surface area (TPSA) is 64.0 Å². The van der Waals surface area contributed by atoms with Crippen LogP contribution in [0.2, 0.25) is 0 Å². The minimum atomic E-state index is -0.359. The number of aryl methyl sites for hydroxylation is 1. The van der Waals surface area contributed by atoms with Crippen molar-refractivity contribution in [3.8, 4) is 11.1 Å². The molecule has 0 spiro atoms. The number of amides is 1. The van der Waals surface area contributed by atoms with Gasteiger partial charge in [-0.3, -0.25) is 15.0 Å². The molecule has 2 heterocycles. The molecule has 6 heteroatoms. The number of nitrogens with one attached hydrogen (secondary N) is 1. The summed E-state index contributed by atoms with van der Waals surface area (Å²) in [5.74, 6) is -0.359. The largest absolute Gasteiger partial charge is 0.281 e. The Kier molecular flexibility index (Phi) is 4.10. The molecule has 0 aliphatic heterocycles. The number of thiophene rings is 1. The van der Waals surface area contributed by atoms with Crippen LogP contribution in [0.3, 0.4) is 0 Å². The minimum absolute atomic E-state index is 0.289.